The molecule has 180 valence electrons. The van der Waals surface area contributed by atoms with Gasteiger partial charge in [-0.15, -0.1) is 0 Å². The summed E-state index contributed by atoms with van der Waals surface area (Å²) >= 11 is 0. The second-order valence-corrected chi connectivity index (χ2v) is 9.01. The van der Waals surface area contributed by atoms with Gasteiger partial charge in [0.1, 0.15) is 12.6 Å². The van der Waals surface area contributed by atoms with E-state index < -0.39 is 18.1 Å². The Morgan fingerprint density at radius 1 is 0.971 bits per heavy atom. The molecular weight excluding hydrogens is 434 g/mol. The summed E-state index contributed by atoms with van der Waals surface area (Å²) in [6, 6.07) is 15.4. The van der Waals surface area contributed by atoms with Crippen molar-refractivity contribution in [3.8, 4) is 11.1 Å². The van der Waals surface area contributed by atoms with Gasteiger partial charge in [-0.05, 0) is 36.1 Å². The number of carboxylic acid groups (broad SMARTS) is 1. The van der Waals surface area contributed by atoms with E-state index in [9.17, 15) is 14.4 Å². The molecule has 0 aromatic heterocycles. The highest BCUT2D eigenvalue weighted by Crippen LogP contribution is 2.44. The molecule has 0 spiro atoms. The number of benzene rings is 2. The highest BCUT2D eigenvalue weighted by Gasteiger charge is 2.30. The van der Waals surface area contributed by atoms with Gasteiger partial charge >= 0.3 is 12.1 Å². The number of nitrogens with zero attached hydrogens (tertiary/aromatic N) is 2. The first-order chi connectivity index (χ1) is 16.3. The molecule has 8 nitrogen and oxygen atoms in total. The molecule has 0 radical (unpaired) electrons. The number of ether oxygens (including phenoxy) is 1. The molecule has 2 N–H and O–H groups in total. The zero-order valence-corrected chi connectivity index (χ0v) is 19.6. The Morgan fingerprint density at radius 3 is 2.09 bits per heavy atom. The van der Waals surface area contributed by atoms with Gasteiger partial charge in [-0.3, -0.25) is 14.5 Å². The van der Waals surface area contributed by atoms with Crippen molar-refractivity contribution in [2.45, 2.75) is 38.3 Å². The van der Waals surface area contributed by atoms with Crippen molar-refractivity contribution in [3.05, 3.63) is 59.7 Å². The molecule has 0 bridgehead atoms. The lowest BCUT2D eigenvalue weighted by molar-refractivity contribution is -0.144. The van der Waals surface area contributed by atoms with E-state index >= 15 is 0 Å². The number of piperazine rings is 1. The smallest absolute Gasteiger partial charge is 0.407 e. The molecule has 2 amide bonds. The van der Waals surface area contributed by atoms with Crippen LogP contribution in [0.4, 0.5) is 4.79 Å². The molecule has 1 heterocycles. The number of carbonyl (C=O) groups is 3. The molecule has 1 fully saturated rings. The third-order valence-electron chi connectivity index (χ3n) is 6.76. The number of carbonyl (C=O) groups excluding carboxylic acids is 2. The fourth-order valence-corrected chi connectivity index (χ4v) is 4.80. The number of carboxylic acids is 1. The number of hydrogen-bond acceptors (Lipinski definition) is 5. The number of alkyl carbamates (subject to hydrolysis) is 1. The minimum absolute atomic E-state index is 0.0143. The second kappa shape index (κ2) is 10.3. The zero-order valence-electron chi connectivity index (χ0n) is 19.6. The van der Waals surface area contributed by atoms with E-state index in [0.29, 0.717) is 26.2 Å². The average molecular weight is 466 g/mol. The maximum absolute atomic E-state index is 12.6. The lowest BCUT2D eigenvalue weighted by atomic mass is 9.98. The lowest BCUT2D eigenvalue weighted by Gasteiger charge is -2.37. The van der Waals surface area contributed by atoms with Crippen molar-refractivity contribution in [2.75, 3.05) is 32.8 Å². The van der Waals surface area contributed by atoms with Crippen molar-refractivity contribution >= 4 is 18.0 Å². The highest BCUT2D eigenvalue weighted by molar-refractivity contribution is 5.80. The molecule has 1 unspecified atom stereocenters. The molecule has 1 aliphatic heterocycles. The van der Waals surface area contributed by atoms with Crippen LogP contribution in [0.5, 0.6) is 0 Å². The van der Waals surface area contributed by atoms with E-state index in [1.807, 2.05) is 29.2 Å². The Bertz CT molecular complexity index is 1020. The minimum atomic E-state index is -0.860. The maximum Gasteiger partial charge on any atom is 0.407 e. The first-order valence-corrected chi connectivity index (χ1v) is 11.7. The number of aliphatic carboxylic acids is 1. The van der Waals surface area contributed by atoms with Crippen molar-refractivity contribution in [2.24, 2.45) is 0 Å². The Morgan fingerprint density at radius 2 is 1.53 bits per heavy atom. The Hall–Kier alpha value is -3.39. The van der Waals surface area contributed by atoms with Gasteiger partial charge in [-0.25, -0.2) is 4.79 Å². The number of nitrogens with one attached hydrogen (secondary N) is 1. The summed E-state index contributed by atoms with van der Waals surface area (Å²) in [5, 5.41) is 11.9. The molecule has 8 heteroatoms. The summed E-state index contributed by atoms with van der Waals surface area (Å²) in [7, 11) is 0. The van der Waals surface area contributed by atoms with E-state index in [1.165, 1.54) is 11.1 Å². The number of fused-ring (bicyclic) bond motifs is 3. The van der Waals surface area contributed by atoms with Crippen LogP contribution in [0.1, 0.15) is 37.3 Å². The Balaban J connectivity index is 1.25. The molecule has 2 aromatic carbocycles. The Labute approximate surface area is 199 Å². The number of rotatable bonds is 7. The van der Waals surface area contributed by atoms with Crippen LogP contribution in [-0.2, 0) is 14.3 Å². The van der Waals surface area contributed by atoms with Crippen molar-refractivity contribution in [1.29, 1.82) is 0 Å². The Kier molecular flexibility index (Phi) is 7.17. The van der Waals surface area contributed by atoms with Crippen LogP contribution in [0.25, 0.3) is 11.1 Å². The predicted molar refractivity (Wildman–Crippen MR) is 128 cm³/mol. The van der Waals surface area contributed by atoms with Crippen LogP contribution < -0.4 is 5.32 Å². The van der Waals surface area contributed by atoms with Crippen LogP contribution in [0.15, 0.2) is 48.5 Å². The first kappa shape index (κ1) is 23.8. The summed E-state index contributed by atoms with van der Waals surface area (Å²) in [5.41, 5.74) is 4.64. The SMILES string of the molecule is CC(C(=O)O)N1CCN(C(=O)C[C@H](C)NC(=O)OCC2c3ccccc3-c3ccccc32)CC1. The quantitative estimate of drug-likeness (QED) is 0.652. The van der Waals surface area contributed by atoms with Crippen LogP contribution in [0.3, 0.4) is 0 Å². The maximum atomic E-state index is 12.6. The normalized spacial score (nSPS) is 17.4. The standard InChI is InChI=1S/C26H31N3O5/c1-17(15-24(30)29-13-11-28(12-14-29)18(2)25(31)32)27-26(33)34-16-23-21-9-5-3-7-19(21)20-8-4-6-10-22(20)23/h3-10,17-18,23H,11-16H2,1-2H3,(H,27,33)(H,31,32)/t17-,18?/m0/s1. The van der Waals surface area contributed by atoms with Gasteiger partial charge in [0.25, 0.3) is 0 Å². The van der Waals surface area contributed by atoms with E-state index in [2.05, 4.69) is 29.6 Å². The topological polar surface area (TPSA) is 99.2 Å². The van der Waals surface area contributed by atoms with Gasteiger partial charge in [-0.2, -0.15) is 0 Å². The summed E-state index contributed by atoms with van der Waals surface area (Å²) < 4.78 is 5.56. The zero-order chi connectivity index (χ0) is 24.2. The molecule has 2 aromatic rings. The molecule has 1 aliphatic carbocycles. The van der Waals surface area contributed by atoms with Crippen molar-refractivity contribution < 1.29 is 24.2 Å². The van der Waals surface area contributed by atoms with Gasteiger partial charge < -0.3 is 20.1 Å². The fraction of sp³-hybridized carbons (Fsp3) is 0.423. The fourth-order valence-electron chi connectivity index (χ4n) is 4.80. The van der Waals surface area contributed by atoms with E-state index in [4.69, 9.17) is 9.84 Å². The third-order valence-corrected chi connectivity index (χ3v) is 6.76. The molecular formula is C26H31N3O5. The predicted octanol–water partition coefficient (Wildman–Crippen LogP) is 2.92. The van der Waals surface area contributed by atoms with Crippen LogP contribution >= 0.6 is 0 Å². The number of hydrogen-bond donors (Lipinski definition) is 2. The van der Waals surface area contributed by atoms with Crippen molar-refractivity contribution in [3.63, 3.8) is 0 Å². The monoisotopic (exact) mass is 465 g/mol. The summed E-state index contributed by atoms with van der Waals surface area (Å²) in [6.45, 7) is 5.66. The number of amides is 2. The second-order valence-electron chi connectivity index (χ2n) is 9.01. The van der Waals surface area contributed by atoms with Gasteiger partial charge in [0.2, 0.25) is 5.91 Å². The summed E-state index contributed by atoms with van der Waals surface area (Å²) in [6.07, 6.45) is -0.374. The van der Waals surface area contributed by atoms with E-state index in [0.717, 1.165) is 11.1 Å². The summed E-state index contributed by atoms with van der Waals surface area (Å²) in [4.78, 5) is 39.8. The van der Waals surface area contributed by atoms with Crippen molar-refractivity contribution in [1.82, 2.24) is 15.1 Å². The lowest BCUT2D eigenvalue weighted by Crippen LogP contribution is -2.53. The van der Waals surface area contributed by atoms with E-state index in [-0.39, 0.29) is 30.9 Å². The molecule has 0 saturated carbocycles. The first-order valence-electron chi connectivity index (χ1n) is 11.7. The molecule has 2 aliphatic rings. The van der Waals surface area contributed by atoms with Crippen LogP contribution in [0.2, 0.25) is 0 Å². The van der Waals surface area contributed by atoms with E-state index in [1.54, 1.807) is 18.7 Å². The van der Waals surface area contributed by atoms with Crippen LogP contribution in [-0.4, -0.2) is 77.7 Å². The van der Waals surface area contributed by atoms with Crippen LogP contribution in [0, 0.1) is 0 Å². The third kappa shape index (κ3) is 5.07. The van der Waals surface area contributed by atoms with Gasteiger partial charge in [0, 0.05) is 44.6 Å². The minimum Gasteiger partial charge on any atom is -0.480 e. The van der Waals surface area contributed by atoms with Gasteiger partial charge in [0.15, 0.2) is 0 Å². The molecule has 34 heavy (non-hydrogen) atoms. The van der Waals surface area contributed by atoms with Gasteiger partial charge in [0.05, 0.1) is 0 Å². The molecule has 2 atom stereocenters. The average Bonchev–Trinajstić information content (AvgIpc) is 3.16. The van der Waals surface area contributed by atoms with Gasteiger partial charge in [-0.1, -0.05) is 48.5 Å². The highest BCUT2D eigenvalue weighted by atomic mass is 16.5. The summed E-state index contributed by atoms with van der Waals surface area (Å²) in [5.74, 6) is -0.936. The molecule has 4 rings (SSSR count). The largest absolute Gasteiger partial charge is 0.480 e. The molecule has 1 saturated heterocycles.